The number of anilines is 2. The summed E-state index contributed by atoms with van der Waals surface area (Å²) < 4.78 is 0. The highest BCUT2D eigenvalue weighted by atomic mass is 35.5. The van der Waals surface area contributed by atoms with E-state index in [0.29, 0.717) is 5.11 Å². The molecule has 0 bridgehead atoms. The van der Waals surface area contributed by atoms with Gasteiger partial charge in [0.25, 0.3) is 0 Å². The standard InChI is InChI=1S/C21H26ClN3S/c1-16-10-11-18(14-19(16)22)23-21(26)24(2)15-17-8-4-5-9-20(17)25-12-6-3-7-13-25/h4-5,8-11,14H,3,6-7,12-13,15H2,1-2H3,(H,23,26). The fourth-order valence-corrected chi connectivity index (χ4v) is 3.67. The fourth-order valence-electron chi connectivity index (χ4n) is 3.30. The molecule has 2 aromatic carbocycles. The maximum absolute atomic E-state index is 6.21. The van der Waals surface area contributed by atoms with E-state index in [0.717, 1.165) is 35.9 Å². The molecule has 2 aromatic rings. The summed E-state index contributed by atoms with van der Waals surface area (Å²) in [6, 6.07) is 14.6. The van der Waals surface area contributed by atoms with E-state index in [2.05, 4.69) is 39.4 Å². The van der Waals surface area contributed by atoms with Gasteiger partial charge < -0.3 is 15.1 Å². The molecule has 3 rings (SSSR count). The first-order valence-electron chi connectivity index (χ1n) is 9.16. The molecule has 1 aliphatic heterocycles. The van der Waals surface area contributed by atoms with Gasteiger partial charge in [-0.05, 0) is 67.7 Å². The number of nitrogens with zero attached hydrogens (tertiary/aromatic N) is 2. The lowest BCUT2D eigenvalue weighted by Crippen LogP contribution is -2.33. The van der Waals surface area contributed by atoms with Gasteiger partial charge in [-0.1, -0.05) is 35.9 Å². The van der Waals surface area contributed by atoms with Gasteiger partial charge in [0.05, 0.1) is 0 Å². The third-order valence-electron chi connectivity index (χ3n) is 4.87. The van der Waals surface area contributed by atoms with Gasteiger partial charge >= 0.3 is 0 Å². The van der Waals surface area contributed by atoms with E-state index >= 15 is 0 Å². The predicted molar refractivity (Wildman–Crippen MR) is 116 cm³/mol. The van der Waals surface area contributed by atoms with Gasteiger partial charge in [0.1, 0.15) is 0 Å². The predicted octanol–water partition coefficient (Wildman–Crippen LogP) is 5.47. The van der Waals surface area contributed by atoms with E-state index in [1.54, 1.807) is 0 Å². The smallest absolute Gasteiger partial charge is 0.173 e. The van der Waals surface area contributed by atoms with Crippen LogP contribution in [0.1, 0.15) is 30.4 Å². The molecule has 0 amide bonds. The number of benzene rings is 2. The lowest BCUT2D eigenvalue weighted by atomic mass is 10.1. The Labute approximate surface area is 166 Å². The number of hydrogen-bond donors (Lipinski definition) is 1. The van der Waals surface area contributed by atoms with Gasteiger partial charge in [-0.3, -0.25) is 0 Å². The Balaban J connectivity index is 1.68. The highest BCUT2D eigenvalue weighted by Crippen LogP contribution is 2.25. The summed E-state index contributed by atoms with van der Waals surface area (Å²) >= 11 is 11.8. The zero-order chi connectivity index (χ0) is 18.5. The van der Waals surface area contributed by atoms with Gasteiger partial charge in [0.2, 0.25) is 0 Å². The number of para-hydroxylation sites is 1. The minimum Gasteiger partial charge on any atom is -0.371 e. The average molecular weight is 388 g/mol. The van der Waals surface area contributed by atoms with Crippen LogP contribution in [-0.4, -0.2) is 30.1 Å². The molecular weight excluding hydrogens is 362 g/mol. The molecule has 0 saturated carbocycles. The monoisotopic (exact) mass is 387 g/mol. The topological polar surface area (TPSA) is 18.5 Å². The van der Waals surface area contributed by atoms with Crippen LogP contribution in [0.2, 0.25) is 5.02 Å². The van der Waals surface area contributed by atoms with Crippen molar-refractivity contribution in [3.05, 3.63) is 58.6 Å². The summed E-state index contributed by atoms with van der Waals surface area (Å²) in [5, 5.41) is 4.73. The maximum atomic E-state index is 6.21. The molecule has 0 spiro atoms. The van der Waals surface area contributed by atoms with E-state index in [-0.39, 0.29) is 0 Å². The number of aryl methyl sites for hydroxylation is 1. The number of rotatable bonds is 4. The van der Waals surface area contributed by atoms with E-state index in [9.17, 15) is 0 Å². The average Bonchev–Trinajstić information content (AvgIpc) is 2.66. The summed E-state index contributed by atoms with van der Waals surface area (Å²) in [4.78, 5) is 4.58. The number of hydrogen-bond acceptors (Lipinski definition) is 2. The van der Waals surface area contributed by atoms with Crippen LogP contribution in [0.25, 0.3) is 0 Å². The zero-order valence-electron chi connectivity index (χ0n) is 15.5. The minimum atomic E-state index is 0.693. The summed E-state index contributed by atoms with van der Waals surface area (Å²) in [7, 11) is 2.03. The van der Waals surface area contributed by atoms with Gasteiger partial charge in [-0.15, -0.1) is 0 Å². The molecule has 138 valence electrons. The van der Waals surface area contributed by atoms with Gasteiger partial charge in [-0.25, -0.2) is 0 Å². The van der Waals surface area contributed by atoms with Crippen LogP contribution in [-0.2, 0) is 6.54 Å². The van der Waals surface area contributed by atoms with Crippen LogP contribution in [0.3, 0.4) is 0 Å². The Morgan fingerprint density at radius 2 is 1.88 bits per heavy atom. The lowest BCUT2D eigenvalue weighted by Gasteiger charge is -2.32. The number of piperidine rings is 1. The first-order valence-corrected chi connectivity index (χ1v) is 9.94. The van der Waals surface area contributed by atoms with Crippen molar-refractivity contribution in [2.24, 2.45) is 0 Å². The van der Waals surface area contributed by atoms with Crippen molar-refractivity contribution < 1.29 is 0 Å². The molecule has 0 atom stereocenters. The Morgan fingerprint density at radius 1 is 1.15 bits per heavy atom. The van der Waals surface area contributed by atoms with Crippen LogP contribution in [0.4, 0.5) is 11.4 Å². The molecule has 5 heteroatoms. The molecule has 1 saturated heterocycles. The van der Waals surface area contributed by atoms with E-state index < -0.39 is 0 Å². The molecule has 1 fully saturated rings. The summed E-state index contributed by atoms with van der Waals surface area (Å²) in [5.41, 5.74) is 4.62. The largest absolute Gasteiger partial charge is 0.371 e. The molecule has 1 heterocycles. The van der Waals surface area contributed by atoms with Gasteiger partial charge in [-0.2, -0.15) is 0 Å². The van der Waals surface area contributed by atoms with Crippen LogP contribution < -0.4 is 10.2 Å². The van der Waals surface area contributed by atoms with Crippen molar-refractivity contribution in [3.8, 4) is 0 Å². The molecule has 0 radical (unpaired) electrons. The third-order valence-corrected chi connectivity index (χ3v) is 5.69. The van der Waals surface area contributed by atoms with Crippen molar-refractivity contribution in [1.82, 2.24) is 4.90 Å². The Morgan fingerprint density at radius 3 is 2.62 bits per heavy atom. The van der Waals surface area contributed by atoms with Crippen molar-refractivity contribution in [3.63, 3.8) is 0 Å². The fraction of sp³-hybridized carbons (Fsp3) is 0.381. The van der Waals surface area contributed by atoms with E-state index in [1.165, 1.54) is 30.5 Å². The summed E-state index contributed by atoms with van der Waals surface area (Å²) in [6.07, 6.45) is 3.89. The van der Waals surface area contributed by atoms with Gasteiger partial charge in [0, 0.05) is 43.1 Å². The lowest BCUT2D eigenvalue weighted by molar-refractivity contribution is 0.505. The van der Waals surface area contributed by atoms with E-state index in [1.807, 2.05) is 32.2 Å². The molecular formula is C21H26ClN3S. The highest BCUT2D eigenvalue weighted by Gasteiger charge is 2.16. The number of nitrogens with one attached hydrogen (secondary N) is 1. The molecule has 1 N–H and O–H groups in total. The van der Waals surface area contributed by atoms with Crippen molar-refractivity contribution in [1.29, 1.82) is 0 Å². The Hall–Kier alpha value is -1.78. The summed E-state index contributed by atoms with van der Waals surface area (Å²) in [6.45, 7) is 5.06. The Bertz CT molecular complexity index is 772. The van der Waals surface area contributed by atoms with Crippen molar-refractivity contribution in [2.75, 3.05) is 30.4 Å². The second-order valence-electron chi connectivity index (χ2n) is 6.93. The van der Waals surface area contributed by atoms with Crippen LogP contribution in [0.15, 0.2) is 42.5 Å². The molecule has 26 heavy (non-hydrogen) atoms. The first kappa shape index (κ1) is 19.0. The quantitative estimate of drug-likeness (QED) is 0.701. The number of thiocarbonyl (C=S) groups is 1. The second-order valence-corrected chi connectivity index (χ2v) is 7.72. The molecule has 0 aliphatic carbocycles. The van der Waals surface area contributed by atoms with Crippen LogP contribution >= 0.6 is 23.8 Å². The van der Waals surface area contributed by atoms with Gasteiger partial charge in [0.15, 0.2) is 5.11 Å². The maximum Gasteiger partial charge on any atom is 0.173 e. The Kier molecular flexibility index (Phi) is 6.38. The SMILES string of the molecule is Cc1ccc(NC(=S)N(C)Cc2ccccc2N2CCCCC2)cc1Cl. The highest BCUT2D eigenvalue weighted by molar-refractivity contribution is 7.80. The molecule has 0 aromatic heterocycles. The second kappa shape index (κ2) is 8.74. The minimum absolute atomic E-state index is 0.693. The molecule has 0 unspecified atom stereocenters. The third kappa shape index (κ3) is 4.68. The zero-order valence-corrected chi connectivity index (χ0v) is 17.0. The first-order chi connectivity index (χ1) is 12.5. The van der Waals surface area contributed by atoms with Crippen molar-refractivity contribution >= 4 is 40.3 Å². The molecule has 3 nitrogen and oxygen atoms in total. The normalized spacial score (nSPS) is 14.2. The van der Waals surface area contributed by atoms with Crippen molar-refractivity contribution in [2.45, 2.75) is 32.7 Å². The summed E-state index contributed by atoms with van der Waals surface area (Å²) in [5.74, 6) is 0. The van der Waals surface area contributed by atoms with Crippen LogP contribution in [0, 0.1) is 6.92 Å². The number of halogens is 1. The molecule has 1 aliphatic rings. The van der Waals surface area contributed by atoms with Crippen LogP contribution in [0.5, 0.6) is 0 Å². The van der Waals surface area contributed by atoms with E-state index in [4.69, 9.17) is 23.8 Å².